The number of rotatable bonds is 4. The van der Waals surface area contributed by atoms with Crippen LogP contribution in [0.2, 0.25) is 0 Å². The lowest BCUT2D eigenvalue weighted by atomic mass is 9.95. The van der Waals surface area contributed by atoms with Crippen molar-refractivity contribution in [2.75, 3.05) is 5.32 Å². The van der Waals surface area contributed by atoms with Crippen molar-refractivity contribution in [3.63, 3.8) is 0 Å². The molecular formula is C18H25N3O2S. The summed E-state index contributed by atoms with van der Waals surface area (Å²) in [7, 11) is 0. The number of thiocarbonyl (C=S) groups is 1. The van der Waals surface area contributed by atoms with Gasteiger partial charge in [0.25, 0.3) is 5.91 Å². The fourth-order valence-corrected chi connectivity index (χ4v) is 2.86. The number of nitrogens with one attached hydrogen (secondary N) is 3. The van der Waals surface area contributed by atoms with E-state index in [4.69, 9.17) is 12.2 Å². The third kappa shape index (κ3) is 5.60. The highest BCUT2D eigenvalue weighted by Crippen LogP contribution is 2.18. The molecule has 0 radical (unpaired) electrons. The average molecular weight is 347 g/mol. The highest BCUT2D eigenvalue weighted by molar-refractivity contribution is 7.80. The zero-order chi connectivity index (χ0) is 17.5. The second-order valence-electron chi connectivity index (χ2n) is 6.48. The van der Waals surface area contributed by atoms with E-state index in [2.05, 4.69) is 16.0 Å². The van der Waals surface area contributed by atoms with Crippen molar-refractivity contribution in [1.29, 1.82) is 0 Å². The van der Waals surface area contributed by atoms with E-state index in [1.165, 1.54) is 19.3 Å². The molecule has 3 N–H and O–H groups in total. The van der Waals surface area contributed by atoms with Crippen LogP contribution in [0.5, 0.6) is 0 Å². The van der Waals surface area contributed by atoms with Crippen molar-refractivity contribution in [1.82, 2.24) is 10.6 Å². The average Bonchev–Trinajstić information content (AvgIpc) is 2.56. The van der Waals surface area contributed by atoms with Gasteiger partial charge in [-0.3, -0.25) is 9.59 Å². The molecule has 0 aliphatic heterocycles. The third-order valence-electron chi connectivity index (χ3n) is 4.11. The molecule has 0 heterocycles. The normalized spacial score (nSPS) is 15.0. The SMILES string of the molecule is CC(C)C(=O)NC(=S)Nc1ccc(C(=O)NC2CCCCC2)cc1. The van der Waals surface area contributed by atoms with Crippen LogP contribution in [0.3, 0.4) is 0 Å². The lowest BCUT2D eigenvalue weighted by Crippen LogP contribution is -2.37. The molecular weight excluding hydrogens is 322 g/mol. The summed E-state index contributed by atoms with van der Waals surface area (Å²) in [4.78, 5) is 23.8. The van der Waals surface area contributed by atoms with Gasteiger partial charge in [0.1, 0.15) is 0 Å². The molecule has 1 aliphatic rings. The maximum absolute atomic E-state index is 12.3. The maximum atomic E-state index is 12.3. The number of hydrogen-bond acceptors (Lipinski definition) is 3. The minimum Gasteiger partial charge on any atom is -0.349 e. The molecule has 1 aliphatic carbocycles. The zero-order valence-electron chi connectivity index (χ0n) is 14.2. The molecule has 1 aromatic carbocycles. The Kier molecular flexibility index (Phi) is 6.73. The second kappa shape index (κ2) is 8.78. The first-order chi connectivity index (χ1) is 11.5. The van der Waals surface area contributed by atoms with E-state index in [-0.39, 0.29) is 22.8 Å². The van der Waals surface area contributed by atoms with Gasteiger partial charge in [-0.25, -0.2) is 0 Å². The van der Waals surface area contributed by atoms with E-state index >= 15 is 0 Å². The smallest absolute Gasteiger partial charge is 0.251 e. The summed E-state index contributed by atoms with van der Waals surface area (Å²) in [6.45, 7) is 3.61. The molecule has 0 atom stereocenters. The van der Waals surface area contributed by atoms with Crippen molar-refractivity contribution in [3.8, 4) is 0 Å². The second-order valence-corrected chi connectivity index (χ2v) is 6.89. The Morgan fingerprint density at radius 3 is 2.29 bits per heavy atom. The first-order valence-corrected chi connectivity index (χ1v) is 8.89. The predicted octanol–water partition coefficient (Wildman–Crippen LogP) is 3.22. The van der Waals surface area contributed by atoms with Crippen LogP contribution < -0.4 is 16.0 Å². The van der Waals surface area contributed by atoms with Gasteiger partial charge in [0.2, 0.25) is 5.91 Å². The number of hydrogen-bond donors (Lipinski definition) is 3. The van der Waals surface area contributed by atoms with E-state index in [9.17, 15) is 9.59 Å². The minimum atomic E-state index is -0.129. The Morgan fingerprint density at radius 1 is 1.08 bits per heavy atom. The molecule has 0 bridgehead atoms. The van der Waals surface area contributed by atoms with Crippen LogP contribution in [0.15, 0.2) is 24.3 Å². The third-order valence-corrected chi connectivity index (χ3v) is 4.31. The number of carbonyl (C=O) groups is 2. The van der Waals surface area contributed by atoms with Gasteiger partial charge in [-0.05, 0) is 49.3 Å². The highest BCUT2D eigenvalue weighted by atomic mass is 32.1. The molecule has 0 saturated heterocycles. The van der Waals surface area contributed by atoms with Crippen molar-refractivity contribution in [3.05, 3.63) is 29.8 Å². The molecule has 1 fully saturated rings. The quantitative estimate of drug-likeness (QED) is 0.732. The van der Waals surface area contributed by atoms with Gasteiger partial charge in [-0.2, -0.15) is 0 Å². The number of amides is 2. The lowest BCUT2D eigenvalue weighted by molar-refractivity contribution is -0.122. The Hall–Kier alpha value is -1.95. The number of benzene rings is 1. The molecule has 24 heavy (non-hydrogen) atoms. The molecule has 6 heteroatoms. The molecule has 5 nitrogen and oxygen atoms in total. The summed E-state index contributed by atoms with van der Waals surface area (Å²) in [6.07, 6.45) is 5.77. The Labute approximate surface area is 148 Å². The lowest BCUT2D eigenvalue weighted by Gasteiger charge is -2.22. The van der Waals surface area contributed by atoms with Crippen LogP contribution in [0.1, 0.15) is 56.3 Å². The first-order valence-electron chi connectivity index (χ1n) is 8.48. The zero-order valence-corrected chi connectivity index (χ0v) is 15.0. The van der Waals surface area contributed by atoms with Gasteiger partial charge in [0.15, 0.2) is 5.11 Å². The van der Waals surface area contributed by atoms with Gasteiger partial charge in [-0.1, -0.05) is 33.1 Å². The monoisotopic (exact) mass is 347 g/mol. The van der Waals surface area contributed by atoms with Crippen LogP contribution in [0.25, 0.3) is 0 Å². The summed E-state index contributed by atoms with van der Waals surface area (Å²) in [5.41, 5.74) is 1.36. The summed E-state index contributed by atoms with van der Waals surface area (Å²) >= 11 is 5.10. The summed E-state index contributed by atoms with van der Waals surface area (Å²) in [6, 6.07) is 7.37. The van der Waals surface area contributed by atoms with Gasteiger partial charge in [0.05, 0.1) is 0 Å². The molecule has 1 aromatic rings. The van der Waals surface area contributed by atoms with Crippen LogP contribution in [0.4, 0.5) is 5.69 Å². The molecule has 130 valence electrons. The van der Waals surface area contributed by atoms with Crippen LogP contribution in [-0.2, 0) is 4.79 Å². The number of carbonyl (C=O) groups excluding carboxylic acids is 2. The molecule has 0 aromatic heterocycles. The molecule has 2 rings (SSSR count). The van der Waals surface area contributed by atoms with Crippen molar-refractivity contribution >= 4 is 34.8 Å². The Bertz CT molecular complexity index is 593. The fraction of sp³-hybridized carbons (Fsp3) is 0.500. The topological polar surface area (TPSA) is 70.2 Å². The summed E-state index contributed by atoms with van der Waals surface area (Å²) in [5.74, 6) is -0.296. The highest BCUT2D eigenvalue weighted by Gasteiger charge is 2.16. The van der Waals surface area contributed by atoms with Crippen LogP contribution in [-0.4, -0.2) is 23.0 Å². The predicted molar refractivity (Wildman–Crippen MR) is 100.0 cm³/mol. The van der Waals surface area contributed by atoms with E-state index in [1.807, 2.05) is 0 Å². The summed E-state index contributed by atoms with van der Waals surface area (Å²) < 4.78 is 0. The van der Waals surface area contributed by atoms with Gasteiger partial charge in [0, 0.05) is 23.2 Å². The van der Waals surface area contributed by atoms with Crippen molar-refractivity contribution < 1.29 is 9.59 Å². The van der Waals surface area contributed by atoms with Crippen molar-refractivity contribution in [2.45, 2.75) is 52.0 Å². The molecule has 0 unspecified atom stereocenters. The van der Waals surface area contributed by atoms with Crippen LogP contribution >= 0.6 is 12.2 Å². The fourth-order valence-electron chi connectivity index (χ4n) is 2.64. The first kappa shape index (κ1) is 18.4. The Morgan fingerprint density at radius 2 is 1.71 bits per heavy atom. The molecule has 1 saturated carbocycles. The molecule has 2 amide bonds. The van der Waals surface area contributed by atoms with Crippen LogP contribution in [0, 0.1) is 5.92 Å². The standard InChI is InChI=1S/C18H25N3O2S/c1-12(2)16(22)21-18(24)20-15-10-8-13(9-11-15)17(23)19-14-6-4-3-5-7-14/h8-12,14H,3-7H2,1-2H3,(H,19,23)(H2,20,21,22,24). The largest absolute Gasteiger partial charge is 0.349 e. The van der Waals surface area contributed by atoms with E-state index in [1.54, 1.807) is 38.1 Å². The van der Waals surface area contributed by atoms with Gasteiger partial charge in [-0.15, -0.1) is 0 Å². The maximum Gasteiger partial charge on any atom is 0.251 e. The summed E-state index contributed by atoms with van der Waals surface area (Å²) in [5, 5.41) is 8.91. The van der Waals surface area contributed by atoms with E-state index in [0.29, 0.717) is 11.6 Å². The van der Waals surface area contributed by atoms with Gasteiger partial charge < -0.3 is 16.0 Å². The van der Waals surface area contributed by atoms with E-state index < -0.39 is 0 Å². The molecule has 0 spiro atoms. The Balaban J connectivity index is 1.86. The van der Waals surface area contributed by atoms with Gasteiger partial charge >= 0.3 is 0 Å². The number of anilines is 1. The van der Waals surface area contributed by atoms with Crippen molar-refractivity contribution in [2.24, 2.45) is 5.92 Å². The minimum absolute atomic E-state index is 0.0378. The van der Waals surface area contributed by atoms with E-state index in [0.717, 1.165) is 18.5 Å².